The van der Waals surface area contributed by atoms with Crippen LogP contribution in [0.2, 0.25) is 0 Å². The molecule has 4 nitrogen and oxygen atoms in total. The average molecular weight is 324 g/mol. The molecule has 1 saturated heterocycles. The van der Waals surface area contributed by atoms with Gasteiger partial charge in [-0.25, -0.2) is 4.79 Å². The Morgan fingerprint density at radius 2 is 1.71 bits per heavy atom. The number of aliphatic hydroxyl groups excluding tert-OH is 1. The van der Waals surface area contributed by atoms with Crippen LogP contribution in [0.4, 0.5) is 10.5 Å². The second kappa shape index (κ2) is 7.49. The number of aliphatic hydroxyl groups is 1. The van der Waals surface area contributed by atoms with E-state index < -0.39 is 6.10 Å². The molecule has 1 atom stereocenters. The summed E-state index contributed by atoms with van der Waals surface area (Å²) in [5.74, 6) is 0.204. The van der Waals surface area contributed by atoms with Crippen LogP contribution in [0.1, 0.15) is 30.1 Å². The molecule has 4 heteroatoms. The quantitative estimate of drug-likeness (QED) is 0.897. The summed E-state index contributed by atoms with van der Waals surface area (Å²) in [6.45, 7) is 3.37. The predicted octanol–water partition coefficient (Wildman–Crippen LogP) is 3.97. The molecule has 0 aliphatic carbocycles. The molecular weight excluding hydrogens is 300 g/mol. The van der Waals surface area contributed by atoms with Crippen molar-refractivity contribution >= 4 is 11.7 Å². The van der Waals surface area contributed by atoms with Gasteiger partial charge in [-0.05, 0) is 43.4 Å². The van der Waals surface area contributed by atoms with Crippen molar-refractivity contribution in [1.29, 1.82) is 0 Å². The van der Waals surface area contributed by atoms with Crippen LogP contribution >= 0.6 is 0 Å². The zero-order valence-electron chi connectivity index (χ0n) is 14.0. The fourth-order valence-electron chi connectivity index (χ4n) is 3.18. The molecule has 126 valence electrons. The molecule has 0 saturated carbocycles. The normalized spacial score (nSPS) is 16.7. The number of carbonyl (C=O) groups is 1. The third-order valence-electron chi connectivity index (χ3n) is 4.72. The monoisotopic (exact) mass is 324 g/mol. The fourth-order valence-corrected chi connectivity index (χ4v) is 3.18. The molecule has 1 heterocycles. The zero-order chi connectivity index (χ0) is 16.9. The SMILES string of the molecule is Cc1ccc(NC(=O)N2CCC([C@@H](O)c3ccccc3)CC2)cc1. The molecule has 2 aromatic carbocycles. The first-order valence-electron chi connectivity index (χ1n) is 8.49. The van der Waals surface area contributed by atoms with E-state index in [9.17, 15) is 9.90 Å². The third kappa shape index (κ3) is 3.95. The third-order valence-corrected chi connectivity index (χ3v) is 4.72. The van der Waals surface area contributed by atoms with Crippen LogP contribution in [-0.4, -0.2) is 29.1 Å². The van der Waals surface area contributed by atoms with Crippen LogP contribution in [0.3, 0.4) is 0 Å². The van der Waals surface area contributed by atoms with Gasteiger partial charge in [-0.1, -0.05) is 48.0 Å². The van der Waals surface area contributed by atoms with Crippen molar-refractivity contribution in [3.05, 3.63) is 65.7 Å². The summed E-state index contributed by atoms with van der Waals surface area (Å²) in [7, 11) is 0. The maximum absolute atomic E-state index is 12.4. The predicted molar refractivity (Wildman–Crippen MR) is 95.9 cm³/mol. The molecule has 3 rings (SSSR count). The van der Waals surface area contributed by atoms with Gasteiger partial charge in [0.2, 0.25) is 0 Å². The van der Waals surface area contributed by atoms with Crippen LogP contribution in [0.15, 0.2) is 54.6 Å². The number of anilines is 1. The van der Waals surface area contributed by atoms with Gasteiger partial charge in [0.25, 0.3) is 0 Å². The molecule has 0 unspecified atom stereocenters. The first kappa shape index (κ1) is 16.5. The highest BCUT2D eigenvalue weighted by molar-refractivity contribution is 5.89. The van der Waals surface area contributed by atoms with Gasteiger partial charge in [0.1, 0.15) is 0 Å². The second-order valence-corrected chi connectivity index (χ2v) is 6.48. The minimum Gasteiger partial charge on any atom is -0.388 e. The molecule has 1 aliphatic rings. The number of aryl methyl sites for hydroxylation is 1. The number of urea groups is 1. The van der Waals surface area contributed by atoms with E-state index in [-0.39, 0.29) is 11.9 Å². The van der Waals surface area contributed by atoms with Gasteiger partial charge in [0.15, 0.2) is 0 Å². The fraction of sp³-hybridized carbons (Fsp3) is 0.350. The summed E-state index contributed by atoms with van der Waals surface area (Å²) in [5.41, 5.74) is 2.95. The smallest absolute Gasteiger partial charge is 0.321 e. The van der Waals surface area contributed by atoms with Crippen LogP contribution < -0.4 is 5.32 Å². The Kier molecular flexibility index (Phi) is 5.16. The standard InChI is InChI=1S/C20H24N2O2/c1-15-7-9-18(10-8-15)21-20(24)22-13-11-17(12-14-22)19(23)16-5-3-2-4-6-16/h2-10,17,19,23H,11-14H2,1H3,(H,21,24)/t19-/m0/s1. The number of amides is 2. The van der Waals surface area contributed by atoms with Gasteiger partial charge in [-0.15, -0.1) is 0 Å². The lowest BCUT2D eigenvalue weighted by molar-refractivity contribution is 0.0683. The summed E-state index contributed by atoms with van der Waals surface area (Å²) < 4.78 is 0. The summed E-state index contributed by atoms with van der Waals surface area (Å²) in [5, 5.41) is 13.5. The van der Waals surface area contributed by atoms with Gasteiger partial charge >= 0.3 is 6.03 Å². The lowest BCUT2D eigenvalue weighted by Crippen LogP contribution is -2.42. The number of piperidine rings is 1. The zero-order valence-corrected chi connectivity index (χ0v) is 14.0. The van der Waals surface area contributed by atoms with Gasteiger partial charge in [-0.2, -0.15) is 0 Å². The number of hydrogen-bond donors (Lipinski definition) is 2. The number of nitrogens with one attached hydrogen (secondary N) is 1. The maximum Gasteiger partial charge on any atom is 0.321 e. The topological polar surface area (TPSA) is 52.6 Å². The Morgan fingerprint density at radius 3 is 2.33 bits per heavy atom. The van der Waals surface area contributed by atoms with Crippen molar-refractivity contribution < 1.29 is 9.90 Å². The molecule has 1 fully saturated rings. The molecule has 0 bridgehead atoms. The summed E-state index contributed by atoms with van der Waals surface area (Å²) in [6.07, 6.45) is 1.18. The van der Waals surface area contributed by atoms with E-state index in [0.717, 1.165) is 24.1 Å². The molecule has 24 heavy (non-hydrogen) atoms. The van der Waals surface area contributed by atoms with Crippen molar-refractivity contribution in [2.45, 2.75) is 25.9 Å². The Morgan fingerprint density at radius 1 is 1.08 bits per heavy atom. The van der Waals surface area contributed by atoms with Gasteiger partial charge in [0.05, 0.1) is 6.10 Å². The summed E-state index contributed by atoms with van der Waals surface area (Å²) in [6, 6.07) is 17.5. The van der Waals surface area contributed by atoms with Crippen molar-refractivity contribution in [3.63, 3.8) is 0 Å². The van der Waals surface area contributed by atoms with Crippen molar-refractivity contribution in [2.75, 3.05) is 18.4 Å². The van der Waals surface area contributed by atoms with E-state index in [2.05, 4.69) is 5.32 Å². The first-order chi connectivity index (χ1) is 11.6. The van der Waals surface area contributed by atoms with Gasteiger partial charge < -0.3 is 15.3 Å². The van der Waals surface area contributed by atoms with E-state index in [4.69, 9.17) is 0 Å². The average Bonchev–Trinajstić information content (AvgIpc) is 2.64. The Bertz CT molecular complexity index is 662. The highest BCUT2D eigenvalue weighted by Gasteiger charge is 2.28. The lowest BCUT2D eigenvalue weighted by atomic mass is 9.87. The molecule has 0 aromatic heterocycles. The van der Waals surface area contributed by atoms with Crippen molar-refractivity contribution in [1.82, 2.24) is 4.90 Å². The number of hydrogen-bond acceptors (Lipinski definition) is 2. The lowest BCUT2D eigenvalue weighted by Gasteiger charge is -2.34. The molecule has 2 amide bonds. The van der Waals surface area contributed by atoms with E-state index >= 15 is 0 Å². The molecule has 2 N–H and O–H groups in total. The summed E-state index contributed by atoms with van der Waals surface area (Å²) >= 11 is 0. The maximum atomic E-state index is 12.4. The molecule has 2 aromatic rings. The number of nitrogens with zero attached hydrogens (tertiary/aromatic N) is 1. The largest absolute Gasteiger partial charge is 0.388 e. The Labute approximate surface area is 143 Å². The molecule has 0 spiro atoms. The number of likely N-dealkylation sites (tertiary alicyclic amines) is 1. The van der Waals surface area contributed by atoms with Crippen LogP contribution in [0, 0.1) is 12.8 Å². The highest BCUT2D eigenvalue weighted by Crippen LogP contribution is 2.30. The minimum absolute atomic E-state index is 0.0634. The second-order valence-electron chi connectivity index (χ2n) is 6.48. The van der Waals surface area contributed by atoms with Crippen molar-refractivity contribution in [2.24, 2.45) is 5.92 Å². The highest BCUT2D eigenvalue weighted by atomic mass is 16.3. The Balaban J connectivity index is 1.53. The van der Waals surface area contributed by atoms with Crippen LogP contribution in [0.25, 0.3) is 0 Å². The number of carbonyl (C=O) groups excluding carboxylic acids is 1. The molecular formula is C20H24N2O2. The molecule has 0 radical (unpaired) electrons. The van der Waals surface area contributed by atoms with Crippen LogP contribution in [-0.2, 0) is 0 Å². The summed E-state index contributed by atoms with van der Waals surface area (Å²) in [4.78, 5) is 14.2. The minimum atomic E-state index is -0.450. The Hall–Kier alpha value is -2.33. The van der Waals surface area contributed by atoms with E-state index in [1.165, 1.54) is 5.56 Å². The van der Waals surface area contributed by atoms with Crippen LogP contribution in [0.5, 0.6) is 0 Å². The van der Waals surface area contributed by atoms with E-state index in [1.807, 2.05) is 66.4 Å². The van der Waals surface area contributed by atoms with Gasteiger partial charge in [-0.3, -0.25) is 0 Å². The molecule has 1 aliphatic heterocycles. The number of rotatable bonds is 3. The first-order valence-corrected chi connectivity index (χ1v) is 8.49. The van der Waals surface area contributed by atoms with E-state index in [0.29, 0.717) is 13.1 Å². The van der Waals surface area contributed by atoms with E-state index in [1.54, 1.807) is 0 Å². The van der Waals surface area contributed by atoms with Crippen molar-refractivity contribution in [3.8, 4) is 0 Å². The van der Waals surface area contributed by atoms with Gasteiger partial charge in [0, 0.05) is 18.8 Å². The number of benzene rings is 2.